The van der Waals surface area contributed by atoms with E-state index in [1.54, 1.807) is 42.8 Å². The molecule has 1 aromatic heterocycles. The summed E-state index contributed by atoms with van der Waals surface area (Å²) in [6, 6.07) is 5.17. The van der Waals surface area contributed by atoms with Gasteiger partial charge in [-0.25, -0.2) is 9.67 Å². The second-order valence-corrected chi connectivity index (χ2v) is 8.31. The van der Waals surface area contributed by atoms with Gasteiger partial charge in [0.2, 0.25) is 0 Å². The Bertz CT molecular complexity index is 1240. The molecule has 7 heteroatoms. The Morgan fingerprint density at radius 1 is 1.22 bits per heavy atom. The molecule has 0 atom stereocenters. The molecule has 1 aromatic carbocycles. The number of rotatable bonds is 13. The smallest absolute Gasteiger partial charge is 0.257 e. The normalized spacial score (nSPS) is 13.2. The fourth-order valence-electron chi connectivity index (χ4n) is 3.45. The molecule has 2 rings (SSSR count). The quantitative estimate of drug-likeness (QED) is 0.116. The number of aromatic nitrogens is 2. The average molecular weight is 507 g/mol. The Labute approximate surface area is 217 Å². The highest BCUT2D eigenvalue weighted by Crippen LogP contribution is 2.34. The van der Waals surface area contributed by atoms with Crippen molar-refractivity contribution in [3.63, 3.8) is 0 Å². The monoisotopic (exact) mass is 506 g/mol. The summed E-state index contributed by atoms with van der Waals surface area (Å²) in [5.74, 6) is 0.320. The van der Waals surface area contributed by atoms with Crippen LogP contribution in [0.2, 0.25) is 0 Å². The van der Waals surface area contributed by atoms with Crippen molar-refractivity contribution in [2.75, 3.05) is 0 Å². The highest BCUT2D eigenvalue weighted by molar-refractivity contribution is 5.83. The number of unbranched alkanes of at least 4 members (excludes halogenated alkanes) is 2. The minimum atomic E-state index is -4.47. The molecular formula is C30H33F3N4. The molecule has 0 N–H and O–H groups in total. The van der Waals surface area contributed by atoms with E-state index in [-0.39, 0.29) is 0 Å². The zero-order valence-corrected chi connectivity index (χ0v) is 21.4. The summed E-state index contributed by atoms with van der Waals surface area (Å²) >= 11 is 0. The number of hydrogen-bond donors (Lipinski definition) is 0. The molecule has 0 unspecified atom stereocenters. The lowest BCUT2D eigenvalue weighted by atomic mass is 10.0. The first-order valence-electron chi connectivity index (χ1n) is 11.9. The topological polar surface area (TPSA) is 42.5 Å². The highest BCUT2D eigenvalue weighted by Gasteiger charge is 2.31. The van der Waals surface area contributed by atoms with Crippen LogP contribution in [0.5, 0.6) is 0 Å². The minimum Gasteiger partial charge on any atom is -0.257 e. The largest absolute Gasteiger partial charge is 0.416 e. The zero-order chi connectivity index (χ0) is 27.3. The Morgan fingerprint density at radius 2 is 2.00 bits per heavy atom. The number of nitrogens with zero attached hydrogens (tertiary/aromatic N) is 4. The third-order valence-corrected chi connectivity index (χ3v) is 5.31. The maximum atomic E-state index is 13.5. The van der Waals surface area contributed by atoms with Crippen molar-refractivity contribution < 1.29 is 13.2 Å². The standard InChI is InChI=1S/C30H33F3N4/c1-6-8-18-27(7-2)35-20-19-28(34-5)37-29(24-16-13-17-26(21-24)30(31,32)33)25(22-36-37)15-12-10-9-11-14-23(3)4/h6-8,12-13,15-22H,1,3,5,9-11,14H2,2,4H3/b15-12+,18-8-,27-7+,28-19+,35-20+. The molecule has 2 aromatic rings. The summed E-state index contributed by atoms with van der Waals surface area (Å²) in [4.78, 5) is 8.43. The number of halogens is 3. The molecule has 0 amide bonds. The Hall–Kier alpha value is -4.00. The van der Waals surface area contributed by atoms with Gasteiger partial charge in [0.1, 0.15) is 0 Å². The van der Waals surface area contributed by atoms with E-state index in [0.717, 1.165) is 43.4 Å². The molecule has 4 nitrogen and oxygen atoms in total. The van der Waals surface area contributed by atoms with Gasteiger partial charge in [0.05, 0.1) is 23.2 Å². The fourth-order valence-corrected chi connectivity index (χ4v) is 3.45. The number of aliphatic imine (C=N–C) groups is 2. The highest BCUT2D eigenvalue weighted by atomic mass is 19.4. The number of hydrogen-bond acceptors (Lipinski definition) is 3. The second kappa shape index (κ2) is 14.5. The van der Waals surface area contributed by atoms with E-state index >= 15 is 0 Å². The van der Waals surface area contributed by atoms with E-state index in [1.165, 1.54) is 10.7 Å². The second-order valence-electron chi connectivity index (χ2n) is 8.31. The van der Waals surface area contributed by atoms with Crippen LogP contribution in [0.1, 0.15) is 50.7 Å². The Morgan fingerprint density at radius 3 is 2.65 bits per heavy atom. The summed E-state index contributed by atoms with van der Waals surface area (Å²) in [5, 5.41) is 4.43. The molecule has 0 spiro atoms. The van der Waals surface area contributed by atoms with Gasteiger partial charge in [-0.1, -0.05) is 54.7 Å². The van der Waals surface area contributed by atoms with Gasteiger partial charge in [0.25, 0.3) is 0 Å². The lowest BCUT2D eigenvalue weighted by molar-refractivity contribution is -0.137. The molecule has 0 radical (unpaired) electrons. The molecule has 0 aliphatic rings. The van der Waals surface area contributed by atoms with Crippen LogP contribution in [0.3, 0.4) is 0 Å². The van der Waals surface area contributed by atoms with Gasteiger partial charge in [0.15, 0.2) is 5.82 Å². The summed E-state index contributed by atoms with van der Waals surface area (Å²) in [5.41, 5.74) is 2.63. The van der Waals surface area contributed by atoms with Gasteiger partial charge in [-0.05, 0) is 64.5 Å². The van der Waals surface area contributed by atoms with Crippen molar-refractivity contribution in [2.45, 2.75) is 45.7 Å². The van der Waals surface area contributed by atoms with Crippen LogP contribution in [0, 0.1) is 0 Å². The van der Waals surface area contributed by atoms with E-state index in [4.69, 9.17) is 0 Å². The Kier molecular flexibility index (Phi) is 11.5. The van der Waals surface area contributed by atoms with Gasteiger partial charge in [-0.2, -0.15) is 18.3 Å². The van der Waals surface area contributed by atoms with Crippen molar-refractivity contribution in [1.29, 1.82) is 0 Å². The van der Waals surface area contributed by atoms with Crippen molar-refractivity contribution in [3.8, 4) is 11.3 Å². The molecule has 0 aliphatic carbocycles. The van der Waals surface area contributed by atoms with E-state index in [0.29, 0.717) is 28.3 Å². The number of allylic oxidation sites excluding steroid dienone is 7. The van der Waals surface area contributed by atoms with Gasteiger partial charge in [-0.15, -0.1) is 6.58 Å². The average Bonchev–Trinajstić information content (AvgIpc) is 3.28. The van der Waals surface area contributed by atoms with Crippen LogP contribution < -0.4 is 0 Å². The first kappa shape index (κ1) is 29.2. The summed E-state index contributed by atoms with van der Waals surface area (Å²) in [6.45, 7) is 15.0. The first-order chi connectivity index (χ1) is 17.7. The molecule has 0 saturated heterocycles. The van der Waals surface area contributed by atoms with E-state index in [1.807, 2.05) is 32.1 Å². The third-order valence-electron chi connectivity index (χ3n) is 5.31. The molecule has 1 heterocycles. The minimum absolute atomic E-state index is 0.320. The molecule has 37 heavy (non-hydrogen) atoms. The molecule has 0 aliphatic heterocycles. The van der Waals surface area contributed by atoms with Crippen LogP contribution in [0.25, 0.3) is 23.2 Å². The SMILES string of the molecule is C=C\C=C/C(=C\C)/N=C/C=C(\N=C)n1ncc(/C=C/CCCCC(=C)C)c1-c1cccc(C(F)(F)F)c1. The van der Waals surface area contributed by atoms with E-state index in [2.05, 4.69) is 35.0 Å². The Balaban J connectivity index is 2.50. The maximum absolute atomic E-state index is 13.5. The predicted octanol–water partition coefficient (Wildman–Crippen LogP) is 8.93. The van der Waals surface area contributed by atoms with Crippen molar-refractivity contribution >= 4 is 24.8 Å². The van der Waals surface area contributed by atoms with Gasteiger partial charge in [-0.3, -0.25) is 4.99 Å². The van der Waals surface area contributed by atoms with Crippen LogP contribution in [0.15, 0.2) is 101 Å². The molecule has 194 valence electrons. The van der Waals surface area contributed by atoms with Crippen molar-refractivity contribution in [2.24, 2.45) is 9.98 Å². The number of alkyl halides is 3. The van der Waals surface area contributed by atoms with Crippen LogP contribution in [-0.4, -0.2) is 22.7 Å². The van der Waals surface area contributed by atoms with Gasteiger partial charge in [0, 0.05) is 23.4 Å². The van der Waals surface area contributed by atoms with Gasteiger partial charge >= 0.3 is 6.18 Å². The summed E-state index contributed by atoms with van der Waals surface area (Å²) < 4.78 is 41.9. The lowest BCUT2D eigenvalue weighted by Gasteiger charge is -2.12. The lowest BCUT2D eigenvalue weighted by Crippen LogP contribution is -2.06. The van der Waals surface area contributed by atoms with E-state index < -0.39 is 11.7 Å². The van der Waals surface area contributed by atoms with Crippen LogP contribution in [0.4, 0.5) is 13.2 Å². The van der Waals surface area contributed by atoms with Crippen LogP contribution >= 0.6 is 0 Å². The number of benzene rings is 1. The first-order valence-corrected chi connectivity index (χ1v) is 11.9. The molecule has 0 fully saturated rings. The fraction of sp³-hybridized carbons (Fsp3) is 0.233. The van der Waals surface area contributed by atoms with Crippen molar-refractivity contribution in [1.82, 2.24) is 9.78 Å². The molecule has 0 saturated carbocycles. The van der Waals surface area contributed by atoms with E-state index in [9.17, 15) is 13.2 Å². The molecular weight excluding hydrogens is 473 g/mol. The zero-order valence-electron chi connectivity index (χ0n) is 21.4. The van der Waals surface area contributed by atoms with Crippen molar-refractivity contribution in [3.05, 3.63) is 102 Å². The molecule has 0 bridgehead atoms. The van der Waals surface area contributed by atoms with Crippen LogP contribution in [-0.2, 0) is 6.18 Å². The predicted molar refractivity (Wildman–Crippen MR) is 150 cm³/mol. The maximum Gasteiger partial charge on any atom is 0.416 e. The summed E-state index contributed by atoms with van der Waals surface area (Å²) in [6.07, 6.45) is 15.0. The summed E-state index contributed by atoms with van der Waals surface area (Å²) in [7, 11) is 0. The third kappa shape index (κ3) is 9.18. The van der Waals surface area contributed by atoms with Gasteiger partial charge < -0.3 is 0 Å².